The quantitative estimate of drug-likeness (QED) is 0.374. The smallest absolute Gasteiger partial charge is 0.308 e. The van der Waals surface area contributed by atoms with E-state index in [1.807, 2.05) is 36.9 Å². The van der Waals surface area contributed by atoms with Crippen LogP contribution in [-0.4, -0.2) is 54.4 Å². The summed E-state index contributed by atoms with van der Waals surface area (Å²) in [7, 11) is 3.21. The molecule has 220 valence electrons. The first-order valence-electron chi connectivity index (χ1n) is 14.9. The first-order chi connectivity index (χ1) is 19.1. The van der Waals surface area contributed by atoms with Crippen molar-refractivity contribution in [2.75, 3.05) is 14.2 Å². The molecule has 1 amide bonds. The van der Waals surface area contributed by atoms with Crippen molar-refractivity contribution in [1.82, 2.24) is 4.90 Å². The standard InChI is InChI=1S/C33H47NO6/c1-7-21(3)33(37)40-30-15-20(2)14-24-10-8-22(4)27(32(24)30)12-11-25-17-26(35)18-31(36)34(25)19-23-9-13-28(38-5)29(16-23)39-6/h8-10,13-14,16,20-22,25-27,30,32,35H,7,11-12,15,17-19H2,1-6H3/t20-,21-,22-,25-,26-,27-,30-,32-/m0/s1. The summed E-state index contributed by atoms with van der Waals surface area (Å²) >= 11 is 0. The third kappa shape index (κ3) is 6.73. The van der Waals surface area contributed by atoms with Crippen LogP contribution in [0.25, 0.3) is 0 Å². The van der Waals surface area contributed by atoms with Crippen molar-refractivity contribution in [3.8, 4) is 11.5 Å². The van der Waals surface area contributed by atoms with Crippen molar-refractivity contribution in [2.24, 2.45) is 29.6 Å². The van der Waals surface area contributed by atoms with Crippen LogP contribution in [0.15, 0.2) is 42.0 Å². The Balaban J connectivity index is 1.53. The number of hydrogen-bond acceptors (Lipinski definition) is 6. The van der Waals surface area contributed by atoms with Crippen molar-refractivity contribution in [1.29, 1.82) is 0 Å². The summed E-state index contributed by atoms with van der Waals surface area (Å²) in [6.07, 6.45) is 10.0. The second kappa shape index (κ2) is 13.2. The third-order valence-corrected chi connectivity index (χ3v) is 9.23. The Bertz CT molecular complexity index is 1110. The highest BCUT2D eigenvalue weighted by molar-refractivity contribution is 5.78. The highest BCUT2D eigenvalue weighted by Crippen LogP contribution is 2.45. The van der Waals surface area contributed by atoms with E-state index in [1.54, 1.807) is 14.2 Å². The molecule has 1 heterocycles. The third-order valence-electron chi connectivity index (χ3n) is 9.23. The fraction of sp³-hybridized carbons (Fsp3) is 0.636. The number of amides is 1. The zero-order chi connectivity index (χ0) is 29.0. The highest BCUT2D eigenvalue weighted by atomic mass is 16.5. The van der Waals surface area contributed by atoms with Gasteiger partial charge >= 0.3 is 5.97 Å². The zero-order valence-corrected chi connectivity index (χ0v) is 25.0. The van der Waals surface area contributed by atoms with Crippen LogP contribution in [0.3, 0.4) is 0 Å². The molecule has 7 nitrogen and oxygen atoms in total. The maximum absolute atomic E-state index is 13.2. The van der Waals surface area contributed by atoms with Gasteiger partial charge in [-0.1, -0.05) is 52.0 Å². The minimum Gasteiger partial charge on any atom is -0.493 e. The van der Waals surface area contributed by atoms with Gasteiger partial charge in [-0.3, -0.25) is 9.59 Å². The number of hydrogen-bond donors (Lipinski definition) is 1. The molecule has 1 aromatic carbocycles. The summed E-state index contributed by atoms with van der Waals surface area (Å²) in [4.78, 5) is 27.9. The molecule has 3 aliphatic rings. The molecule has 0 radical (unpaired) electrons. The average Bonchev–Trinajstić information content (AvgIpc) is 2.93. The SMILES string of the molecule is CC[C@H](C)C(=O)O[C@H]1C[C@@H](C)C=C2C=C[C@H](C)[C@H](CC[C@H]3C[C@H](O)CC(=O)N3Cc3ccc(OC)c(OC)c3)[C@H]21. The number of likely N-dealkylation sites (tertiary alicyclic amines) is 1. The molecule has 7 heteroatoms. The van der Waals surface area contributed by atoms with Crippen LogP contribution < -0.4 is 9.47 Å². The van der Waals surface area contributed by atoms with Crippen molar-refractivity contribution < 1.29 is 28.9 Å². The van der Waals surface area contributed by atoms with Crippen LogP contribution in [0.5, 0.6) is 11.5 Å². The van der Waals surface area contributed by atoms with Gasteiger partial charge in [0.15, 0.2) is 11.5 Å². The van der Waals surface area contributed by atoms with Gasteiger partial charge in [-0.2, -0.15) is 0 Å². The highest BCUT2D eigenvalue weighted by Gasteiger charge is 2.42. The second-order valence-corrected chi connectivity index (χ2v) is 12.1. The Kier molecular flexibility index (Phi) is 9.99. The maximum Gasteiger partial charge on any atom is 0.308 e. The molecule has 40 heavy (non-hydrogen) atoms. The van der Waals surface area contributed by atoms with Crippen LogP contribution in [0.1, 0.15) is 71.8 Å². The number of esters is 1. The van der Waals surface area contributed by atoms with Crippen molar-refractivity contribution in [3.63, 3.8) is 0 Å². The van der Waals surface area contributed by atoms with Gasteiger partial charge in [-0.15, -0.1) is 0 Å². The van der Waals surface area contributed by atoms with Gasteiger partial charge in [0.05, 0.1) is 32.7 Å². The summed E-state index contributed by atoms with van der Waals surface area (Å²) in [5, 5.41) is 10.5. The number of methoxy groups -OCH3 is 2. The maximum atomic E-state index is 13.2. The van der Waals surface area contributed by atoms with E-state index < -0.39 is 6.10 Å². The molecule has 1 aliphatic heterocycles. The second-order valence-electron chi connectivity index (χ2n) is 12.1. The van der Waals surface area contributed by atoms with Crippen molar-refractivity contribution in [3.05, 3.63) is 47.6 Å². The number of carbonyl (C=O) groups is 2. The minimum absolute atomic E-state index is 0.0254. The number of aliphatic hydroxyl groups is 1. The topological polar surface area (TPSA) is 85.3 Å². The molecule has 0 spiro atoms. The van der Waals surface area contributed by atoms with Crippen molar-refractivity contribution in [2.45, 2.75) is 91.0 Å². The number of rotatable bonds is 10. The van der Waals surface area contributed by atoms with Crippen LogP contribution in [0.2, 0.25) is 0 Å². The van der Waals surface area contributed by atoms with E-state index in [2.05, 4.69) is 32.1 Å². The molecule has 0 bridgehead atoms. The van der Waals surface area contributed by atoms with E-state index in [-0.39, 0.29) is 48.2 Å². The predicted octanol–water partition coefficient (Wildman–Crippen LogP) is 5.70. The van der Waals surface area contributed by atoms with E-state index in [0.717, 1.165) is 31.2 Å². The molecule has 0 aromatic heterocycles. The fourth-order valence-corrected chi connectivity index (χ4v) is 6.75. The number of carbonyl (C=O) groups excluding carboxylic acids is 2. The van der Waals surface area contributed by atoms with Crippen molar-refractivity contribution >= 4 is 11.9 Å². The van der Waals surface area contributed by atoms with Crippen LogP contribution in [-0.2, 0) is 20.9 Å². The van der Waals surface area contributed by atoms with Crippen LogP contribution in [0, 0.1) is 29.6 Å². The van der Waals surface area contributed by atoms with Gasteiger partial charge in [-0.25, -0.2) is 0 Å². The number of nitrogens with zero attached hydrogens (tertiary/aromatic N) is 1. The van der Waals surface area contributed by atoms with Crippen LogP contribution in [0.4, 0.5) is 0 Å². The lowest BCUT2D eigenvalue weighted by Gasteiger charge is -2.44. The zero-order valence-electron chi connectivity index (χ0n) is 25.0. The number of benzene rings is 1. The normalized spacial score (nSPS) is 30.8. The minimum atomic E-state index is -0.627. The van der Waals surface area contributed by atoms with Gasteiger partial charge in [0.25, 0.3) is 0 Å². The molecule has 2 aliphatic carbocycles. The number of aliphatic hydroxyl groups excluding tert-OH is 1. The van der Waals surface area contributed by atoms with Gasteiger partial charge in [0.2, 0.25) is 5.91 Å². The molecule has 1 aromatic rings. The Hall–Kier alpha value is -2.80. The predicted molar refractivity (Wildman–Crippen MR) is 155 cm³/mol. The largest absolute Gasteiger partial charge is 0.493 e. The molecule has 4 rings (SSSR count). The lowest BCUT2D eigenvalue weighted by molar-refractivity contribution is -0.158. The Morgan fingerprint density at radius 2 is 1.88 bits per heavy atom. The lowest BCUT2D eigenvalue weighted by atomic mass is 9.65. The van der Waals surface area contributed by atoms with Gasteiger partial charge < -0.3 is 24.2 Å². The first-order valence-corrected chi connectivity index (χ1v) is 14.9. The molecular weight excluding hydrogens is 506 g/mol. The van der Waals surface area contributed by atoms with E-state index >= 15 is 0 Å². The summed E-state index contributed by atoms with van der Waals surface area (Å²) in [6.45, 7) is 8.84. The van der Waals surface area contributed by atoms with E-state index in [9.17, 15) is 14.7 Å². The first kappa shape index (κ1) is 30.2. The lowest BCUT2D eigenvalue weighted by Crippen LogP contribution is -2.48. The molecule has 1 saturated heterocycles. The monoisotopic (exact) mass is 553 g/mol. The number of piperidine rings is 1. The van der Waals surface area contributed by atoms with Gasteiger partial charge in [-0.05, 0) is 73.1 Å². The van der Waals surface area contributed by atoms with E-state index in [4.69, 9.17) is 14.2 Å². The van der Waals surface area contributed by atoms with E-state index in [0.29, 0.717) is 36.3 Å². The molecule has 1 fully saturated rings. The summed E-state index contributed by atoms with van der Waals surface area (Å²) in [5.41, 5.74) is 2.23. The summed E-state index contributed by atoms with van der Waals surface area (Å²) in [6, 6.07) is 5.67. The molecule has 8 atom stereocenters. The molecule has 0 unspecified atom stereocenters. The summed E-state index contributed by atoms with van der Waals surface area (Å²) in [5.74, 6) is 2.14. The number of ether oxygens (including phenoxy) is 3. The van der Waals surface area contributed by atoms with Gasteiger partial charge in [0.1, 0.15) is 6.10 Å². The number of allylic oxidation sites excluding steroid dienone is 3. The van der Waals surface area contributed by atoms with Gasteiger partial charge in [0, 0.05) is 18.5 Å². The summed E-state index contributed by atoms with van der Waals surface area (Å²) < 4.78 is 17.0. The Morgan fingerprint density at radius 3 is 2.58 bits per heavy atom. The molecular formula is C33H47NO6. The molecule has 0 saturated carbocycles. The Morgan fingerprint density at radius 1 is 1.12 bits per heavy atom. The number of fused-ring (bicyclic) bond motifs is 1. The average molecular weight is 554 g/mol. The van der Waals surface area contributed by atoms with E-state index in [1.165, 1.54) is 5.57 Å². The Labute approximate surface area is 239 Å². The van der Waals surface area contributed by atoms with Crippen LogP contribution >= 0.6 is 0 Å². The molecule has 1 N–H and O–H groups in total. The fourth-order valence-electron chi connectivity index (χ4n) is 6.75.